The molecule has 0 fully saturated rings. The fraction of sp³-hybridized carbons (Fsp3) is 0.182. The van der Waals surface area contributed by atoms with Crippen LogP contribution >= 0.6 is 11.3 Å². The van der Waals surface area contributed by atoms with Gasteiger partial charge in [-0.2, -0.15) is 0 Å². The Morgan fingerprint density at radius 1 is 1.15 bits per heavy atom. The number of nitrogens with zero attached hydrogens (tertiary/aromatic N) is 1. The van der Waals surface area contributed by atoms with E-state index in [1.807, 2.05) is 19.1 Å². The van der Waals surface area contributed by atoms with Crippen molar-refractivity contribution in [3.63, 3.8) is 0 Å². The third-order valence-corrected chi connectivity index (χ3v) is 2.74. The monoisotopic (exact) mass is 189 g/mol. The summed E-state index contributed by atoms with van der Waals surface area (Å²) in [6.45, 7) is 2.04. The highest BCUT2D eigenvalue weighted by Gasteiger charge is 2.07. The molecule has 1 aliphatic rings. The molecule has 1 nitrogen and oxygen atoms in total. The van der Waals surface area contributed by atoms with E-state index < -0.39 is 0 Å². The Morgan fingerprint density at radius 2 is 1.85 bits per heavy atom. The third-order valence-electron chi connectivity index (χ3n) is 1.95. The van der Waals surface area contributed by atoms with Gasteiger partial charge in [0.05, 0.1) is 10.7 Å². The van der Waals surface area contributed by atoms with Crippen LogP contribution in [0.1, 0.15) is 16.6 Å². The molecule has 0 aliphatic heterocycles. The average molecular weight is 189 g/mol. The van der Waals surface area contributed by atoms with E-state index in [-0.39, 0.29) is 0 Å². The predicted octanol–water partition coefficient (Wildman–Crippen LogP) is 3.22. The zero-order chi connectivity index (χ0) is 9.10. The predicted molar refractivity (Wildman–Crippen MR) is 57.0 cm³/mol. The molecule has 0 radical (unpaired) electrons. The molecule has 0 atom stereocenters. The molecule has 0 aromatic carbocycles. The topological polar surface area (TPSA) is 12.9 Å². The van der Waals surface area contributed by atoms with Crippen molar-refractivity contribution in [3.05, 3.63) is 52.5 Å². The minimum Gasteiger partial charge on any atom is -0.246 e. The largest absolute Gasteiger partial charge is 0.246 e. The van der Waals surface area contributed by atoms with E-state index in [4.69, 9.17) is 0 Å². The van der Waals surface area contributed by atoms with E-state index in [0.717, 1.165) is 10.7 Å². The quantitative estimate of drug-likeness (QED) is 0.661. The van der Waals surface area contributed by atoms with Gasteiger partial charge < -0.3 is 0 Å². The van der Waals surface area contributed by atoms with Crippen LogP contribution < -0.4 is 0 Å². The fourth-order valence-corrected chi connectivity index (χ4v) is 1.95. The van der Waals surface area contributed by atoms with E-state index in [2.05, 4.69) is 34.7 Å². The van der Waals surface area contributed by atoms with Gasteiger partial charge in [-0.05, 0) is 6.92 Å². The van der Waals surface area contributed by atoms with E-state index in [0.29, 0.717) is 5.92 Å². The second-order valence-corrected chi connectivity index (χ2v) is 4.03. The van der Waals surface area contributed by atoms with Crippen LogP contribution in [0.5, 0.6) is 0 Å². The van der Waals surface area contributed by atoms with Gasteiger partial charge in [-0.1, -0.05) is 36.5 Å². The molecule has 0 saturated carbocycles. The van der Waals surface area contributed by atoms with E-state index >= 15 is 0 Å². The Morgan fingerprint density at radius 3 is 2.38 bits per heavy atom. The van der Waals surface area contributed by atoms with Crippen molar-refractivity contribution in [2.24, 2.45) is 0 Å². The maximum atomic E-state index is 4.46. The molecule has 66 valence electrons. The van der Waals surface area contributed by atoms with Crippen molar-refractivity contribution in [1.29, 1.82) is 0 Å². The summed E-state index contributed by atoms with van der Waals surface area (Å²) in [7, 11) is 0. The number of hydrogen-bond donors (Lipinski definition) is 0. The molecule has 1 heterocycles. The van der Waals surface area contributed by atoms with Crippen molar-refractivity contribution >= 4 is 11.3 Å². The van der Waals surface area contributed by atoms with Crippen LogP contribution in [-0.2, 0) is 0 Å². The van der Waals surface area contributed by atoms with Gasteiger partial charge >= 0.3 is 0 Å². The van der Waals surface area contributed by atoms with Gasteiger partial charge in [0.15, 0.2) is 0 Å². The minimum atomic E-state index is 0.347. The maximum Gasteiger partial charge on any atom is 0.0897 e. The standard InChI is InChI=1S/C11H11NS/c1-9-12-11(8-13-9)10-6-4-2-3-5-7-10/h2-8,10H,1H3. The first kappa shape index (κ1) is 8.45. The van der Waals surface area contributed by atoms with Crippen molar-refractivity contribution < 1.29 is 0 Å². The van der Waals surface area contributed by atoms with Crippen LogP contribution in [0.15, 0.2) is 41.8 Å². The summed E-state index contributed by atoms with van der Waals surface area (Å²) in [4.78, 5) is 4.46. The maximum absolute atomic E-state index is 4.46. The van der Waals surface area contributed by atoms with E-state index in [1.54, 1.807) is 11.3 Å². The Labute approximate surface area is 82.1 Å². The van der Waals surface area contributed by atoms with Gasteiger partial charge in [0.1, 0.15) is 0 Å². The zero-order valence-corrected chi connectivity index (χ0v) is 8.29. The molecule has 0 N–H and O–H groups in total. The summed E-state index contributed by atoms with van der Waals surface area (Å²) < 4.78 is 0. The van der Waals surface area contributed by atoms with Gasteiger partial charge in [-0.3, -0.25) is 0 Å². The van der Waals surface area contributed by atoms with Gasteiger partial charge in [0.25, 0.3) is 0 Å². The highest BCUT2D eigenvalue weighted by Crippen LogP contribution is 2.22. The number of thiazole rings is 1. The molecule has 1 aromatic rings. The molecule has 1 aliphatic carbocycles. The highest BCUT2D eigenvalue weighted by molar-refractivity contribution is 7.09. The second-order valence-electron chi connectivity index (χ2n) is 2.97. The first-order valence-electron chi connectivity index (χ1n) is 4.30. The van der Waals surface area contributed by atoms with E-state index in [9.17, 15) is 0 Å². The normalized spacial score (nSPS) is 16.4. The lowest BCUT2D eigenvalue weighted by atomic mass is 10.1. The van der Waals surface area contributed by atoms with Gasteiger partial charge in [-0.25, -0.2) is 4.98 Å². The number of hydrogen-bond acceptors (Lipinski definition) is 2. The Kier molecular flexibility index (Phi) is 2.41. The lowest BCUT2D eigenvalue weighted by molar-refractivity contribution is 1.00. The van der Waals surface area contributed by atoms with E-state index in [1.165, 1.54) is 0 Å². The number of allylic oxidation sites excluding steroid dienone is 6. The van der Waals surface area contributed by atoms with Crippen LogP contribution in [0.4, 0.5) is 0 Å². The second kappa shape index (κ2) is 3.71. The average Bonchev–Trinajstić information content (AvgIpc) is 2.43. The third kappa shape index (κ3) is 1.95. The molecular weight excluding hydrogens is 178 g/mol. The lowest BCUT2D eigenvalue weighted by Crippen LogP contribution is -1.90. The molecular formula is C11H11NS. The number of rotatable bonds is 1. The molecule has 0 unspecified atom stereocenters. The number of aromatic nitrogens is 1. The summed E-state index contributed by atoms with van der Waals surface area (Å²) in [5.41, 5.74) is 1.15. The van der Waals surface area contributed by atoms with Crippen molar-refractivity contribution in [1.82, 2.24) is 4.98 Å². The molecule has 0 amide bonds. The summed E-state index contributed by atoms with van der Waals surface area (Å²) >= 11 is 1.71. The SMILES string of the molecule is Cc1nc(C2C=CC=CC=C2)cs1. The molecule has 2 rings (SSSR count). The smallest absolute Gasteiger partial charge is 0.0897 e. The Hall–Kier alpha value is -1.15. The van der Waals surface area contributed by atoms with Crippen LogP contribution in [0.2, 0.25) is 0 Å². The van der Waals surface area contributed by atoms with Gasteiger partial charge in [-0.15, -0.1) is 11.3 Å². The van der Waals surface area contributed by atoms with Crippen LogP contribution in [0.3, 0.4) is 0 Å². The molecule has 13 heavy (non-hydrogen) atoms. The summed E-state index contributed by atoms with van der Waals surface area (Å²) in [6.07, 6.45) is 12.5. The van der Waals surface area contributed by atoms with Gasteiger partial charge in [0, 0.05) is 11.3 Å². The summed E-state index contributed by atoms with van der Waals surface area (Å²) in [5, 5.41) is 3.26. The molecule has 0 bridgehead atoms. The van der Waals surface area contributed by atoms with Crippen molar-refractivity contribution in [2.75, 3.05) is 0 Å². The molecule has 1 aromatic heterocycles. The molecule has 0 spiro atoms. The highest BCUT2D eigenvalue weighted by atomic mass is 32.1. The summed E-state index contributed by atoms with van der Waals surface area (Å²) in [5.74, 6) is 0.347. The minimum absolute atomic E-state index is 0.347. The first-order valence-corrected chi connectivity index (χ1v) is 5.18. The Balaban J connectivity index is 2.26. The zero-order valence-electron chi connectivity index (χ0n) is 7.47. The van der Waals surface area contributed by atoms with Crippen molar-refractivity contribution in [3.8, 4) is 0 Å². The molecule has 0 saturated heterocycles. The summed E-state index contributed by atoms with van der Waals surface area (Å²) in [6, 6.07) is 0. The van der Waals surface area contributed by atoms with Crippen molar-refractivity contribution in [2.45, 2.75) is 12.8 Å². The van der Waals surface area contributed by atoms with Crippen LogP contribution in [0, 0.1) is 6.92 Å². The van der Waals surface area contributed by atoms with Crippen LogP contribution in [-0.4, -0.2) is 4.98 Å². The lowest BCUT2D eigenvalue weighted by Gasteiger charge is -2.01. The number of aryl methyl sites for hydroxylation is 1. The first-order chi connectivity index (χ1) is 6.36. The Bertz CT molecular complexity index is 355. The molecule has 2 heteroatoms. The van der Waals surface area contributed by atoms with Gasteiger partial charge in [0.2, 0.25) is 0 Å². The van der Waals surface area contributed by atoms with Crippen LogP contribution in [0.25, 0.3) is 0 Å². The fourth-order valence-electron chi connectivity index (χ4n) is 1.29.